The summed E-state index contributed by atoms with van der Waals surface area (Å²) in [6.45, 7) is 6.81. The lowest BCUT2D eigenvalue weighted by Crippen LogP contribution is -2.33. The molecule has 0 spiro atoms. The molecular weight excluding hydrogens is 276 g/mol. The summed E-state index contributed by atoms with van der Waals surface area (Å²) in [5.41, 5.74) is 3.30. The third-order valence-corrected chi connectivity index (χ3v) is 6.22. The molecule has 4 nitrogen and oxygen atoms in total. The number of rotatable bonds is 2. The van der Waals surface area contributed by atoms with Gasteiger partial charge >= 0.3 is 5.97 Å². The van der Waals surface area contributed by atoms with Crippen molar-refractivity contribution in [1.29, 1.82) is 0 Å². The summed E-state index contributed by atoms with van der Waals surface area (Å²) in [7, 11) is 0. The molecule has 22 heavy (non-hydrogen) atoms. The maximum atomic E-state index is 11.7. The van der Waals surface area contributed by atoms with Gasteiger partial charge in [0.25, 0.3) is 0 Å². The Bertz CT molecular complexity index is 776. The molecule has 1 saturated carbocycles. The highest BCUT2D eigenvalue weighted by Gasteiger charge is 2.63. The Kier molecular flexibility index (Phi) is 2.47. The van der Waals surface area contributed by atoms with E-state index in [1.807, 2.05) is 35.0 Å². The van der Waals surface area contributed by atoms with Crippen LogP contribution in [0, 0.1) is 5.41 Å². The van der Waals surface area contributed by atoms with Crippen molar-refractivity contribution in [3.63, 3.8) is 0 Å². The lowest BCUT2D eigenvalue weighted by Gasteiger charge is -2.35. The SMILES string of the molecule is CC1(C)[C@@H]2CC[C@@]1(C)c1c2c(C(=O)O)nn1-c1ccccc1. The number of hydrogen-bond donors (Lipinski definition) is 1. The smallest absolute Gasteiger partial charge is 0.356 e. The predicted octanol–water partition coefficient (Wildman–Crippen LogP) is 3.75. The van der Waals surface area contributed by atoms with Crippen LogP contribution in [0.1, 0.15) is 61.3 Å². The fraction of sp³-hybridized carbons (Fsp3) is 0.444. The number of carbonyl (C=O) groups is 1. The van der Waals surface area contributed by atoms with E-state index in [2.05, 4.69) is 25.9 Å². The molecule has 4 heteroatoms. The largest absolute Gasteiger partial charge is 0.476 e. The molecular formula is C18H20N2O2. The summed E-state index contributed by atoms with van der Waals surface area (Å²) in [6.07, 6.45) is 2.15. The van der Waals surface area contributed by atoms with Gasteiger partial charge in [0.2, 0.25) is 0 Å². The van der Waals surface area contributed by atoms with E-state index < -0.39 is 5.97 Å². The van der Waals surface area contributed by atoms with Gasteiger partial charge in [-0.25, -0.2) is 9.48 Å². The van der Waals surface area contributed by atoms with Gasteiger partial charge in [-0.3, -0.25) is 0 Å². The molecule has 2 atom stereocenters. The van der Waals surface area contributed by atoms with Gasteiger partial charge in [0.1, 0.15) is 0 Å². The molecule has 4 rings (SSSR count). The van der Waals surface area contributed by atoms with E-state index in [1.54, 1.807) is 0 Å². The van der Waals surface area contributed by atoms with E-state index in [9.17, 15) is 9.90 Å². The summed E-state index contributed by atoms with van der Waals surface area (Å²) in [4.78, 5) is 11.7. The molecule has 1 fully saturated rings. The first-order chi connectivity index (χ1) is 10.4. The van der Waals surface area contributed by atoms with Gasteiger partial charge in [-0.2, -0.15) is 5.10 Å². The van der Waals surface area contributed by atoms with E-state index in [0.717, 1.165) is 29.8 Å². The minimum atomic E-state index is -0.919. The third kappa shape index (κ3) is 1.38. The molecule has 1 heterocycles. The van der Waals surface area contributed by atoms with Crippen molar-refractivity contribution in [2.45, 2.75) is 44.9 Å². The molecule has 0 radical (unpaired) electrons. The number of nitrogens with zero attached hydrogens (tertiary/aromatic N) is 2. The van der Waals surface area contributed by atoms with Crippen LogP contribution in [0.25, 0.3) is 5.69 Å². The van der Waals surface area contributed by atoms with Crippen LogP contribution in [-0.2, 0) is 5.41 Å². The highest BCUT2D eigenvalue weighted by atomic mass is 16.4. The minimum absolute atomic E-state index is 0.0243. The summed E-state index contributed by atoms with van der Waals surface area (Å²) in [5.74, 6) is -0.631. The Morgan fingerprint density at radius 2 is 1.95 bits per heavy atom. The number of fused-ring (bicyclic) bond motifs is 5. The number of hydrogen-bond acceptors (Lipinski definition) is 2. The normalized spacial score (nSPS) is 27.9. The second-order valence-corrected chi connectivity index (χ2v) is 7.31. The van der Waals surface area contributed by atoms with E-state index >= 15 is 0 Å². The van der Waals surface area contributed by atoms with Crippen molar-refractivity contribution in [3.05, 3.63) is 47.3 Å². The number of aromatic nitrogens is 2. The molecule has 1 aromatic carbocycles. The van der Waals surface area contributed by atoms with Gasteiger partial charge < -0.3 is 5.11 Å². The Hall–Kier alpha value is -2.10. The van der Waals surface area contributed by atoms with E-state index in [0.29, 0.717) is 0 Å². The highest BCUT2D eigenvalue weighted by molar-refractivity contribution is 5.88. The molecule has 2 aliphatic rings. The number of benzene rings is 1. The number of aromatic carboxylic acids is 1. The Labute approximate surface area is 129 Å². The zero-order chi connectivity index (χ0) is 15.7. The molecule has 2 aromatic rings. The number of carboxylic acids is 1. The molecule has 1 aromatic heterocycles. The second-order valence-electron chi connectivity index (χ2n) is 7.31. The fourth-order valence-corrected chi connectivity index (χ4v) is 4.63. The van der Waals surface area contributed by atoms with Gasteiger partial charge in [-0.05, 0) is 36.3 Å². The summed E-state index contributed by atoms with van der Waals surface area (Å²) >= 11 is 0. The lowest BCUT2D eigenvalue weighted by atomic mass is 9.70. The Morgan fingerprint density at radius 1 is 1.27 bits per heavy atom. The summed E-state index contributed by atoms with van der Waals surface area (Å²) in [6, 6.07) is 9.86. The summed E-state index contributed by atoms with van der Waals surface area (Å²) in [5, 5.41) is 14.1. The molecule has 2 bridgehead atoms. The molecule has 114 valence electrons. The van der Waals surface area contributed by atoms with Crippen molar-refractivity contribution in [3.8, 4) is 5.69 Å². The lowest BCUT2D eigenvalue weighted by molar-refractivity contribution is 0.0687. The maximum Gasteiger partial charge on any atom is 0.356 e. The van der Waals surface area contributed by atoms with Crippen LogP contribution >= 0.6 is 0 Å². The zero-order valence-electron chi connectivity index (χ0n) is 13.1. The van der Waals surface area contributed by atoms with E-state index in [-0.39, 0.29) is 22.4 Å². The Balaban J connectivity index is 2.05. The summed E-state index contributed by atoms with van der Waals surface area (Å²) < 4.78 is 1.87. The maximum absolute atomic E-state index is 11.7. The molecule has 1 N–H and O–H groups in total. The molecule has 0 amide bonds. The first kappa shape index (κ1) is 13.6. The topological polar surface area (TPSA) is 55.1 Å². The molecule has 0 aliphatic heterocycles. The van der Waals surface area contributed by atoms with Crippen LogP contribution in [-0.4, -0.2) is 20.9 Å². The standard InChI is InChI=1S/C18H20N2O2/c1-17(2)12-9-10-18(17,3)15-13(12)14(16(21)22)19-20(15)11-7-5-4-6-8-11/h4-8,12H,9-10H2,1-3H3,(H,21,22)/t12-,18+/m1/s1. The van der Waals surface area contributed by atoms with Gasteiger partial charge in [-0.1, -0.05) is 39.0 Å². The Morgan fingerprint density at radius 3 is 2.59 bits per heavy atom. The first-order valence-electron chi connectivity index (χ1n) is 7.80. The highest BCUT2D eigenvalue weighted by Crippen LogP contribution is 2.68. The third-order valence-electron chi connectivity index (χ3n) is 6.22. The van der Waals surface area contributed by atoms with Gasteiger partial charge in [0.15, 0.2) is 5.69 Å². The van der Waals surface area contributed by atoms with Crippen molar-refractivity contribution in [2.75, 3.05) is 0 Å². The van der Waals surface area contributed by atoms with Gasteiger partial charge in [0, 0.05) is 11.0 Å². The van der Waals surface area contributed by atoms with Gasteiger partial charge in [0.05, 0.1) is 11.4 Å². The molecule has 0 unspecified atom stereocenters. The quantitative estimate of drug-likeness (QED) is 0.918. The predicted molar refractivity (Wildman–Crippen MR) is 83.6 cm³/mol. The van der Waals surface area contributed by atoms with Crippen molar-refractivity contribution in [2.24, 2.45) is 5.41 Å². The molecule has 0 saturated heterocycles. The van der Waals surface area contributed by atoms with Crippen molar-refractivity contribution in [1.82, 2.24) is 9.78 Å². The second kappa shape index (κ2) is 4.00. The average Bonchev–Trinajstić information content (AvgIpc) is 3.03. The van der Waals surface area contributed by atoms with Crippen LogP contribution in [0.5, 0.6) is 0 Å². The number of carboxylic acid groups (broad SMARTS) is 1. The van der Waals surface area contributed by atoms with Crippen LogP contribution < -0.4 is 0 Å². The van der Waals surface area contributed by atoms with E-state index in [4.69, 9.17) is 0 Å². The monoisotopic (exact) mass is 296 g/mol. The van der Waals surface area contributed by atoms with Crippen LogP contribution in [0.2, 0.25) is 0 Å². The van der Waals surface area contributed by atoms with E-state index in [1.165, 1.54) is 0 Å². The number of para-hydroxylation sites is 1. The van der Waals surface area contributed by atoms with Crippen LogP contribution in [0.3, 0.4) is 0 Å². The van der Waals surface area contributed by atoms with Gasteiger partial charge in [-0.15, -0.1) is 0 Å². The fourth-order valence-electron chi connectivity index (χ4n) is 4.63. The zero-order valence-corrected chi connectivity index (χ0v) is 13.1. The van der Waals surface area contributed by atoms with Crippen LogP contribution in [0.15, 0.2) is 30.3 Å². The minimum Gasteiger partial charge on any atom is -0.476 e. The van der Waals surface area contributed by atoms with Crippen LogP contribution in [0.4, 0.5) is 0 Å². The van der Waals surface area contributed by atoms with Crippen molar-refractivity contribution < 1.29 is 9.90 Å². The first-order valence-corrected chi connectivity index (χ1v) is 7.80. The average molecular weight is 296 g/mol. The van der Waals surface area contributed by atoms with Crippen molar-refractivity contribution >= 4 is 5.97 Å². The molecule has 2 aliphatic carbocycles.